The van der Waals surface area contributed by atoms with Crippen LogP contribution >= 0.6 is 35.3 Å². The van der Waals surface area contributed by atoms with E-state index in [0.29, 0.717) is 6.04 Å². The molecule has 0 unspecified atom stereocenters. The molecule has 2 fully saturated rings. The van der Waals surface area contributed by atoms with Gasteiger partial charge in [0.15, 0.2) is 5.96 Å². The lowest BCUT2D eigenvalue weighted by molar-refractivity contribution is 0.197. The summed E-state index contributed by atoms with van der Waals surface area (Å²) in [5, 5.41) is 8.19. The first kappa shape index (κ1) is 20.9. The molecule has 0 atom stereocenters. The first-order valence-electron chi connectivity index (χ1n) is 9.37. The summed E-state index contributed by atoms with van der Waals surface area (Å²) in [7, 11) is 0. The Kier molecular flexibility index (Phi) is 8.41. The van der Waals surface area contributed by atoms with Crippen LogP contribution in [0.1, 0.15) is 48.2 Å². The zero-order valence-corrected chi connectivity index (χ0v) is 18.8. The van der Waals surface area contributed by atoms with Gasteiger partial charge >= 0.3 is 0 Å². The number of aromatic nitrogens is 1. The van der Waals surface area contributed by atoms with Gasteiger partial charge in [0, 0.05) is 49.6 Å². The van der Waals surface area contributed by atoms with Gasteiger partial charge in [-0.1, -0.05) is 0 Å². The fourth-order valence-corrected chi connectivity index (χ4v) is 4.36. The van der Waals surface area contributed by atoms with Crippen LogP contribution in [0, 0.1) is 13.8 Å². The van der Waals surface area contributed by atoms with Gasteiger partial charge in [-0.05, 0) is 46.5 Å². The first-order valence-corrected chi connectivity index (χ1v) is 10.2. The van der Waals surface area contributed by atoms with Gasteiger partial charge in [-0.2, -0.15) is 0 Å². The SMILES string of the molecule is CCNC(=NCCc1sc(C)nc1C)NC1CCN(C2CC2)CC1.I. The van der Waals surface area contributed by atoms with Crippen molar-refractivity contribution >= 4 is 41.3 Å². The monoisotopic (exact) mass is 477 g/mol. The molecule has 0 spiro atoms. The highest BCUT2D eigenvalue weighted by atomic mass is 127. The largest absolute Gasteiger partial charge is 0.357 e. The second-order valence-corrected chi connectivity index (χ2v) is 8.23. The Hall–Kier alpha value is -0.410. The minimum absolute atomic E-state index is 0. The molecule has 1 aromatic rings. The van der Waals surface area contributed by atoms with E-state index in [1.165, 1.54) is 43.6 Å². The molecule has 1 aliphatic carbocycles. The number of nitrogens with one attached hydrogen (secondary N) is 2. The average Bonchev–Trinajstić information content (AvgIpc) is 3.35. The second kappa shape index (κ2) is 10.1. The van der Waals surface area contributed by atoms with E-state index in [2.05, 4.69) is 41.3 Å². The summed E-state index contributed by atoms with van der Waals surface area (Å²) >= 11 is 1.80. The van der Waals surface area contributed by atoms with Crippen LogP contribution in [-0.2, 0) is 6.42 Å². The third-order valence-corrected chi connectivity index (χ3v) is 6.02. The normalized spacial score (nSPS) is 19.6. The van der Waals surface area contributed by atoms with Crippen LogP contribution in [0.15, 0.2) is 4.99 Å². The molecule has 1 saturated carbocycles. The summed E-state index contributed by atoms with van der Waals surface area (Å²) in [5.41, 5.74) is 1.16. The lowest BCUT2D eigenvalue weighted by atomic mass is 10.1. The molecular weight excluding hydrogens is 445 g/mol. The van der Waals surface area contributed by atoms with Crippen molar-refractivity contribution in [2.24, 2.45) is 4.99 Å². The third-order valence-electron chi connectivity index (χ3n) is 4.89. The molecule has 1 saturated heterocycles. The van der Waals surface area contributed by atoms with Crippen LogP contribution in [0.25, 0.3) is 0 Å². The van der Waals surface area contributed by atoms with E-state index in [1.54, 1.807) is 11.3 Å². The molecule has 2 heterocycles. The van der Waals surface area contributed by atoms with E-state index in [-0.39, 0.29) is 24.0 Å². The quantitative estimate of drug-likeness (QED) is 0.376. The third kappa shape index (κ3) is 6.36. The highest BCUT2D eigenvalue weighted by molar-refractivity contribution is 14.0. The molecule has 5 nitrogen and oxygen atoms in total. The van der Waals surface area contributed by atoms with Gasteiger partial charge in [0.25, 0.3) is 0 Å². The fourth-order valence-electron chi connectivity index (χ4n) is 3.44. The van der Waals surface area contributed by atoms with Gasteiger partial charge in [-0.15, -0.1) is 35.3 Å². The molecule has 3 rings (SSSR count). The summed E-state index contributed by atoms with van der Waals surface area (Å²) in [4.78, 5) is 13.3. The molecule has 1 aliphatic heterocycles. The van der Waals surface area contributed by atoms with Gasteiger partial charge in [-0.3, -0.25) is 4.99 Å². The van der Waals surface area contributed by atoms with Gasteiger partial charge < -0.3 is 15.5 Å². The number of halogens is 1. The molecule has 1 aromatic heterocycles. The van der Waals surface area contributed by atoms with Crippen LogP contribution in [0.5, 0.6) is 0 Å². The molecule has 0 radical (unpaired) electrons. The van der Waals surface area contributed by atoms with Gasteiger partial charge in [-0.25, -0.2) is 4.98 Å². The van der Waals surface area contributed by atoms with Crippen LogP contribution < -0.4 is 10.6 Å². The Balaban J connectivity index is 0.00000225. The molecule has 0 aromatic carbocycles. The molecule has 2 aliphatic rings. The first-order chi connectivity index (χ1) is 11.7. The highest BCUT2D eigenvalue weighted by Gasteiger charge is 2.31. The number of hydrogen-bond acceptors (Lipinski definition) is 4. The van der Waals surface area contributed by atoms with Crippen molar-refractivity contribution in [2.75, 3.05) is 26.2 Å². The van der Waals surface area contributed by atoms with Crippen molar-refractivity contribution in [2.45, 2.75) is 65.0 Å². The average molecular weight is 477 g/mol. The van der Waals surface area contributed by atoms with E-state index in [1.807, 2.05) is 0 Å². The van der Waals surface area contributed by atoms with Gasteiger partial charge in [0.05, 0.1) is 10.7 Å². The lowest BCUT2D eigenvalue weighted by Crippen LogP contribution is -2.49. The minimum atomic E-state index is 0. The number of nitrogens with zero attached hydrogens (tertiary/aromatic N) is 3. The van der Waals surface area contributed by atoms with Crippen molar-refractivity contribution in [3.8, 4) is 0 Å². The lowest BCUT2D eigenvalue weighted by Gasteiger charge is -2.33. The maximum atomic E-state index is 4.78. The number of aryl methyl sites for hydroxylation is 2. The standard InChI is InChI=1S/C18H31N5S.HI/c1-4-19-18(20-10-7-17-13(2)21-14(3)24-17)22-15-8-11-23(12-9-15)16-5-6-16;/h15-16H,4-12H2,1-3H3,(H2,19,20,22);1H. The zero-order chi connectivity index (χ0) is 16.9. The molecule has 25 heavy (non-hydrogen) atoms. The summed E-state index contributed by atoms with van der Waals surface area (Å²) in [5.74, 6) is 0.973. The van der Waals surface area contributed by atoms with Crippen molar-refractivity contribution in [3.05, 3.63) is 15.6 Å². The highest BCUT2D eigenvalue weighted by Crippen LogP contribution is 2.29. The minimum Gasteiger partial charge on any atom is -0.357 e. The summed E-state index contributed by atoms with van der Waals surface area (Å²) in [6, 6.07) is 1.46. The number of likely N-dealkylation sites (tertiary alicyclic amines) is 1. The van der Waals surface area contributed by atoms with Crippen molar-refractivity contribution in [1.82, 2.24) is 20.5 Å². The second-order valence-electron chi connectivity index (χ2n) is 6.94. The zero-order valence-electron chi connectivity index (χ0n) is 15.7. The Labute approximate surface area is 173 Å². The van der Waals surface area contributed by atoms with Crippen molar-refractivity contribution in [1.29, 1.82) is 0 Å². The predicted molar refractivity (Wildman–Crippen MR) is 117 cm³/mol. The topological polar surface area (TPSA) is 52.6 Å². The summed E-state index contributed by atoms with van der Waals surface area (Å²) in [6.45, 7) is 10.5. The van der Waals surface area contributed by atoms with Crippen LogP contribution in [0.4, 0.5) is 0 Å². The maximum Gasteiger partial charge on any atom is 0.191 e. The molecule has 2 N–H and O–H groups in total. The number of piperidine rings is 1. The van der Waals surface area contributed by atoms with Gasteiger partial charge in [0.1, 0.15) is 0 Å². The molecule has 0 bridgehead atoms. The van der Waals surface area contributed by atoms with Crippen LogP contribution in [-0.4, -0.2) is 54.1 Å². The number of hydrogen-bond donors (Lipinski definition) is 2. The van der Waals surface area contributed by atoms with E-state index in [9.17, 15) is 0 Å². The van der Waals surface area contributed by atoms with Crippen LogP contribution in [0.3, 0.4) is 0 Å². The predicted octanol–water partition coefficient (Wildman–Crippen LogP) is 3.10. The summed E-state index contributed by atoms with van der Waals surface area (Å²) in [6.07, 6.45) is 6.27. The Morgan fingerprint density at radius 1 is 1.24 bits per heavy atom. The molecular formula is C18H32IN5S. The number of thiazole rings is 1. The fraction of sp³-hybridized carbons (Fsp3) is 0.778. The maximum absolute atomic E-state index is 4.78. The van der Waals surface area contributed by atoms with E-state index in [0.717, 1.165) is 42.2 Å². The van der Waals surface area contributed by atoms with Crippen LogP contribution in [0.2, 0.25) is 0 Å². The van der Waals surface area contributed by atoms with E-state index >= 15 is 0 Å². The Morgan fingerprint density at radius 2 is 1.96 bits per heavy atom. The van der Waals surface area contributed by atoms with E-state index < -0.39 is 0 Å². The molecule has 0 amide bonds. The summed E-state index contributed by atoms with van der Waals surface area (Å²) < 4.78 is 0. The molecule has 142 valence electrons. The smallest absolute Gasteiger partial charge is 0.191 e. The number of aliphatic imine (C=N–C) groups is 1. The Bertz CT molecular complexity index is 562. The molecule has 7 heteroatoms. The van der Waals surface area contributed by atoms with E-state index in [4.69, 9.17) is 4.99 Å². The van der Waals surface area contributed by atoms with Crippen molar-refractivity contribution in [3.63, 3.8) is 0 Å². The van der Waals surface area contributed by atoms with Gasteiger partial charge in [0.2, 0.25) is 0 Å². The Morgan fingerprint density at radius 3 is 2.52 bits per heavy atom. The number of rotatable bonds is 6. The van der Waals surface area contributed by atoms with Crippen molar-refractivity contribution < 1.29 is 0 Å². The number of guanidine groups is 1.